The van der Waals surface area contributed by atoms with Gasteiger partial charge in [0.2, 0.25) is 17.8 Å². The quantitative estimate of drug-likeness (QED) is 0.609. The number of thiazole rings is 1. The SMILES string of the molecule is Cc1nc([C@@H]2CCON2C(=O)C2CCN(c3ncnc(-n4ccnc4C)n3)CC2)cs1. The van der Waals surface area contributed by atoms with Gasteiger partial charge in [0.15, 0.2) is 0 Å². The van der Waals surface area contributed by atoms with Crippen molar-refractivity contribution in [3.63, 3.8) is 0 Å². The number of piperidine rings is 1. The summed E-state index contributed by atoms with van der Waals surface area (Å²) in [5.41, 5.74) is 0.929. The minimum atomic E-state index is -0.0833. The Morgan fingerprint density at radius 2 is 1.90 bits per heavy atom. The Bertz CT molecular complexity index is 1070. The number of aromatic nitrogens is 6. The Morgan fingerprint density at radius 1 is 1.10 bits per heavy atom. The van der Waals surface area contributed by atoms with Crippen molar-refractivity contribution >= 4 is 23.2 Å². The molecule has 31 heavy (non-hydrogen) atoms. The normalized spacial score (nSPS) is 19.9. The number of aryl methyl sites for hydroxylation is 2. The van der Waals surface area contributed by atoms with Crippen molar-refractivity contribution < 1.29 is 9.63 Å². The van der Waals surface area contributed by atoms with Crippen molar-refractivity contribution in [3.05, 3.63) is 40.6 Å². The number of hydrogen-bond donors (Lipinski definition) is 0. The molecule has 2 aliphatic rings. The molecule has 0 bridgehead atoms. The lowest BCUT2D eigenvalue weighted by molar-refractivity contribution is -0.182. The molecule has 2 aliphatic heterocycles. The average molecular weight is 441 g/mol. The molecule has 5 heterocycles. The van der Waals surface area contributed by atoms with Crippen molar-refractivity contribution in [2.24, 2.45) is 5.92 Å². The molecule has 0 radical (unpaired) electrons. The van der Waals surface area contributed by atoms with E-state index in [1.54, 1.807) is 22.6 Å². The highest BCUT2D eigenvalue weighted by molar-refractivity contribution is 7.09. The molecular weight excluding hydrogens is 416 g/mol. The zero-order valence-electron chi connectivity index (χ0n) is 17.5. The third kappa shape index (κ3) is 3.90. The number of carbonyl (C=O) groups is 1. The fraction of sp³-hybridized carbons (Fsp3) is 0.500. The van der Waals surface area contributed by atoms with Gasteiger partial charge in [-0.2, -0.15) is 4.98 Å². The summed E-state index contributed by atoms with van der Waals surface area (Å²) in [6.45, 7) is 5.84. The molecule has 0 aromatic carbocycles. The summed E-state index contributed by atoms with van der Waals surface area (Å²) in [5.74, 6) is 1.96. The molecule has 0 aliphatic carbocycles. The van der Waals surface area contributed by atoms with E-state index in [4.69, 9.17) is 4.84 Å². The summed E-state index contributed by atoms with van der Waals surface area (Å²) in [7, 11) is 0. The lowest BCUT2D eigenvalue weighted by Gasteiger charge is -2.33. The summed E-state index contributed by atoms with van der Waals surface area (Å²) in [4.78, 5) is 43.0. The van der Waals surface area contributed by atoms with Crippen molar-refractivity contribution in [3.8, 4) is 5.95 Å². The first-order chi connectivity index (χ1) is 15.1. The molecule has 1 amide bonds. The van der Waals surface area contributed by atoms with Crippen LogP contribution in [0.25, 0.3) is 5.95 Å². The maximum atomic E-state index is 13.2. The van der Waals surface area contributed by atoms with Crippen LogP contribution in [0.4, 0.5) is 5.95 Å². The van der Waals surface area contributed by atoms with Gasteiger partial charge in [-0.15, -0.1) is 11.3 Å². The Labute approximate surface area is 183 Å². The standard InChI is InChI=1S/C20H24N8O2S/c1-13-21-6-9-27(13)20-23-12-22-19(25-20)26-7-3-15(4-8-26)18(29)28-17(5-10-30-28)16-11-31-14(2)24-16/h6,9,11-12,15,17H,3-5,7-8,10H2,1-2H3/t17-/m0/s1. The first kappa shape index (κ1) is 20.0. The Hall–Kier alpha value is -2.92. The summed E-state index contributed by atoms with van der Waals surface area (Å²) in [6.07, 6.45) is 7.31. The van der Waals surface area contributed by atoms with Gasteiger partial charge in [0.1, 0.15) is 18.2 Å². The fourth-order valence-corrected chi connectivity index (χ4v) is 4.79. The van der Waals surface area contributed by atoms with Gasteiger partial charge < -0.3 is 4.90 Å². The van der Waals surface area contributed by atoms with Crippen LogP contribution in [-0.2, 0) is 9.63 Å². The largest absolute Gasteiger partial charge is 0.341 e. The van der Waals surface area contributed by atoms with Crippen LogP contribution in [0.2, 0.25) is 0 Å². The summed E-state index contributed by atoms with van der Waals surface area (Å²) >= 11 is 1.60. The van der Waals surface area contributed by atoms with Crippen LogP contribution in [0.5, 0.6) is 0 Å². The van der Waals surface area contributed by atoms with E-state index in [1.807, 2.05) is 30.0 Å². The maximum absolute atomic E-state index is 13.2. The molecule has 0 N–H and O–H groups in total. The Kier molecular flexibility index (Phi) is 5.36. The van der Waals surface area contributed by atoms with Crippen LogP contribution >= 0.6 is 11.3 Å². The predicted octanol–water partition coefficient (Wildman–Crippen LogP) is 2.25. The molecule has 5 rings (SSSR count). The van der Waals surface area contributed by atoms with Gasteiger partial charge in [-0.1, -0.05) is 0 Å². The maximum Gasteiger partial charge on any atom is 0.250 e. The van der Waals surface area contributed by atoms with E-state index in [1.165, 1.54) is 6.33 Å². The number of nitrogens with zero attached hydrogens (tertiary/aromatic N) is 8. The third-order valence-electron chi connectivity index (χ3n) is 5.81. The van der Waals surface area contributed by atoms with Crippen LogP contribution in [-0.4, -0.2) is 60.2 Å². The highest BCUT2D eigenvalue weighted by Gasteiger charge is 2.38. The molecule has 10 nitrogen and oxygen atoms in total. The van der Waals surface area contributed by atoms with Crippen molar-refractivity contribution in [2.45, 2.75) is 39.2 Å². The second-order valence-electron chi connectivity index (χ2n) is 7.78. The number of hydrogen-bond acceptors (Lipinski definition) is 9. The highest BCUT2D eigenvalue weighted by Crippen LogP contribution is 2.34. The average Bonchev–Trinajstić information content (AvgIpc) is 3.54. The van der Waals surface area contributed by atoms with E-state index >= 15 is 0 Å². The van der Waals surface area contributed by atoms with Crippen LogP contribution < -0.4 is 4.90 Å². The van der Waals surface area contributed by atoms with E-state index in [0.29, 0.717) is 31.6 Å². The molecule has 0 spiro atoms. The topological polar surface area (TPSA) is 102 Å². The van der Waals surface area contributed by atoms with Crippen molar-refractivity contribution in [2.75, 3.05) is 24.6 Å². The molecule has 11 heteroatoms. The molecule has 1 atom stereocenters. The van der Waals surface area contributed by atoms with E-state index in [9.17, 15) is 4.79 Å². The van der Waals surface area contributed by atoms with Crippen LogP contribution in [0.1, 0.15) is 41.8 Å². The Balaban J connectivity index is 1.24. The van der Waals surface area contributed by atoms with Gasteiger partial charge in [-0.05, 0) is 26.7 Å². The van der Waals surface area contributed by atoms with Gasteiger partial charge in [0.25, 0.3) is 0 Å². The zero-order chi connectivity index (χ0) is 21.4. The molecule has 2 fully saturated rings. The third-order valence-corrected chi connectivity index (χ3v) is 6.61. The Morgan fingerprint density at radius 3 is 2.61 bits per heavy atom. The number of amides is 1. The summed E-state index contributed by atoms with van der Waals surface area (Å²) < 4.78 is 1.83. The first-order valence-corrected chi connectivity index (χ1v) is 11.3. The van der Waals surface area contributed by atoms with E-state index in [2.05, 4.69) is 29.8 Å². The second-order valence-corrected chi connectivity index (χ2v) is 8.85. The van der Waals surface area contributed by atoms with E-state index < -0.39 is 0 Å². The molecule has 2 saturated heterocycles. The molecule has 3 aromatic rings. The number of anilines is 1. The number of carbonyl (C=O) groups excluding carboxylic acids is 1. The monoisotopic (exact) mass is 440 g/mol. The lowest BCUT2D eigenvalue weighted by atomic mass is 9.95. The van der Waals surface area contributed by atoms with Crippen LogP contribution in [0.15, 0.2) is 24.1 Å². The number of imidazole rings is 1. The molecule has 162 valence electrons. The number of hydroxylamine groups is 2. The molecule has 0 unspecified atom stereocenters. The molecule has 0 saturated carbocycles. The van der Waals surface area contributed by atoms with Gasteiger partial charge >= 0.3 is 0 Å². The van der Waals surface area contributed by atoms with Gasteiger partial charge in [-0.3, -0.25) is 14.2 Å². The molecular formula is C20H24N8O2S. The minimum Gasteiger partial charge on any atom is -0.341 e. The molecule has 3 aromatic heterocycles. The van der Waals surface area contributed by atoms with Gasteiger partial charge in [0, 0.05) is 43.2 Å². The van der Waals surface area contributed by atoms with Crippen molar-refractivity contribution in [1.29, 1.82) is 0 Å². The van der Waals surface area contributed by atoms with Gasteiger partial charge in [0.05, 0.1) is 17.3 Å². The summed E-state index contributed by atoms with van der Waals surface area (Å²) in [5, 5.41) is 4.60. The first-order valence-electron chi connectivity index (χ1n) is 10.4. The van der Waals surface area contributed by atoms with Crippen LogP contribution in [0, 0.1) is 19.8 Å². The lowest BCUT2D eigenvalue weighted by Crippen LogP contribution is -2.42. The van der Waals surface area contributed by atoms with Gasteiger partial charge in [-0.25, -0.2) is 25.0 Å². The summed E-state index contributed by atoms with van der Waals surface area (Å²) in [6, 6.07) is -0.0833. The van der Waals surface area contributed by atoms with E-state index in [-0.39, 0.29) is 17.9 Å². The smallest absolute Gasteiger partial charge is 0.250 e. The minimum absolute atomic E-state index is 0.0539. The fourth-order valence-electron chi connectivity index (χ4n) is 4.13. The second kappa shape index (κ2) is 8.31. The van der Waals surface area contributed by atoms with E-state index in [0.717, 1.165) is 35.8 Å². The van der Waals surface area contributed by atoms with Crippen LogP contribution in [0.3, 0.4) is 0 Å². The van der Waals surface area contributed by atoms with Crippen molar-refractivity contribution in [1.82, 2.24) is 34.6 Å². The highest BCUT2D eigenvalue weighted by atomic mass is 32.1. The number of rotatable bonds is 4. The zero-order valence-corrected chi connectivity index (χ0v) is 18.3. The predicted molar refractivity (Wildman–Crippen MR) is 114 cm³/mol.